The zero-order valence-electron chi connectivity index (χ0n) is 11.4. The van der Waals surface area contributed by atoms with E-state index in [9.17, 15) is 0 Å². The standard InChI is InChI=1S/C17H14BrN3/c18-17(15-9-5-2-6-10-15)16(11-21-13-19-12-20-21)14-7-3-1-4-8-14/h1-10,12-13H,11H2. The van der Waals surface area contributed by atoms with Gasteiger partial charge in [-0.2, -0.15) is 5.10 Å². The van der Waals surface area contributed by atoms with Gasteiger partial charge in [-0.1, -0.05) is 60.7 Å². The Labute approximate surface area is 132 Å². The number of allylic oxidation sites excluding steroid dienone is 1. The van der Waals surface area contributed by atoms with E-state index in [0.29, 0.717) is 6.54 Å². The molecule has 0 saturated heterocycles. The number of nitrogens with zero attached hydrogens (tertiary/aromatic N) is 3. The molecule has 0 radical (unpaired) electrons. The van der Waals surface area contributed by atoms with E-state index in [0.717, 1.165) is 10.0 Å². The van der Waals surface area contributed by atoms with E-state index < -0.39 is 0 Å². The van der Waals surface area contributed by atoms with Crippen molar-refractivity contribution in [1.82, 2.24) is 14.8 Å². The molecule has 2 aromatic carbocycles. The number of aromatic nitrogens is 3. The maximum Gasteiger partial charge on any atom is 0.137 e. The van der Waals surface area contributed by atoms with Crippen molar-refractivity contribution >= 4 is 26.0 Å². The van der Waals surface area contributed by atoms with Gasteiger partial charge in [0, 0.05) is 4.48 Å². The topological polar surface area (TPSA) is 30.7 Å². The van der Waals surface area contributed by atoms with E-state index in [-0.39, 0.29) is 0 Å². The molecule has 0 bridgehead atoms. The summed E-state index contributed by atoms with van der Waals surface area (Å²) in [6.07, 6.45) is 3.28. The van der Waals surface area contributed by atoms with Crippen LogP contribution in [0.25, 0.3) is 10.1 Å². The normalized spacial score (nSPS) is 12.0. The lowest BCUT2D eigenvalue weighted by Gasteiger charge is -2.12. The highest BCUT2D eigenvalue weighted by molar-refractivity contribution is 9.15. The number of hydrogen-bond acceptors (Lipinski definition) is 2. The molecule has 0 aliphatic rings. The van der Waals surface area contributed by atoms with Crippen molar-refractivity contribution in [3.05, 3.63) is 84.4 Å². The van der Waals surface area contributed by atoms with E-state index >= 15 is 0 Å². The number of halogens is 1. The maximum absolute atomic E-state index is 4.21. The quantitative estimate of drug-likeness (QED) is 0.665. The third kappa shape index (κ3) is 3.28. The first-order chi connectivity index (χ1) is 10.3. The summed E-state index contributed by atoms with van der Waals surface area (Å²) in [6, 6.07) is 20.6. The van der Waals surface area contributed by atoms with Gasteiger partial charge in [0.2, 0.25) is 0 Å². The molecule has 0 aliphatic heterocycles. The third-order valence-electron chi connectivity index (χ3n) is 3.20. The summed E-state index contributed by atoms with van der Waals surface area (Å²) in [5, 5.41) is 4.21. The van der Waals surface area contributed by atoms with E-state index in [1.807, 2.05) is 41.1 Å². The molecular weight excluding hydrogens is 326 g/mol. The van der Waals surface area contributed by atoms with Gasteiger partial charge in [-0.3, -0.25) is 0 Å². The Balaban J connectivity index is 2.07. The highest BCUT2D eigenvalue weighted by Crippen LogP contribution is 2.32. The fourth-order valence-electron chi connectivity index (χ4n) is 2.16. The highest BCUT2D eigenvalue weighted by atomic mass is 79.9. The molecule has 21 heavy (non-hydrogen) atoms. The van der Waals surface area contributed by atoms with Crippen LogP contribution in [0.4, 0.5) is 0 Å². The van der Waals surface area contributed by atoms with Gasteiger partial charge in [0.05, 0.1) is 6.54 Å². The lowest BCUT2D eigenvalue weighted by molar-refractivity contribution is 0.711. The van der Waals surface area contributed by atoms with Gasteiger partial charge in [-0.15, -0.1) is 0 Å². The average molecular weight is 340 g/mol. The van der Waals surface area contributed by atoms with Gasteiger partial charge in [-0.05, 0) is 32.6 Å². The molecule has 104 valence electrons. The smallest absolute Gasteiger partial charge is 0.137 e. The first-order valence-corrected chi connectivity index (χ1v) is 7.46. The largest absolute Gasteiger partial charge is 0.248 e. The Kier molecular flexibility index (Phi) is 4.26. The van der Waals surface area contributed by atoms with Gasteiger partial charge in [-0.25, -0.2) is 9.67 Å². The van der Waals surface area contributed by atoms with E-state index in [2.05, 4.69) is 50.3 Å². The fraction of sp³-hybridized carbons (Fsp3) is 0.0588. The molecule has 3 rings (SSSR count). The minimum atomic E-state index is 0.666. The summed E-state index contributed by atoms with van der Waals surface area (Å²) >= 11 is 3.75. The second-order valence-corrected chi connectivity index (χ2v) is 5.41. The van der Waals surface area contributed by atoms with Crippen LogP contribution in [0.3, 0.4) is 0 Å². The Hall–Kier alpha value is -2.20. The summed E-state index contributed by atoms with van der Waals surface area (Å²) < 4.78 is 2.90. The molecule has 0 aliphatic carbocycles. The second kappa shape index (κ2) is 6.50. The van der Waals surface area contributed by atoms with Crippen LogP contribution >= 0.6 is 15.9 Å². The van der Waals surface area contributed by atoms with Crippen LogP contribution < -0.4 is 0 Å². The molecular formula is C17H14BrN3. The summed E-state index contributed by atoms with van der Waals surface area (Å²) in [5.41, 5.74) is 3.49. The van der Waals surface area contributed by atoms with Crippen LogP contribution in [-0.4, -0.2) is 14.8 Å². The van der Waals surface area contributed by atoms with Crippen LogP contribution in [-0.2, 0) is 6.54 Å². The lowest BCUT2D eigenvalue weighted by Crippen LogP contribution is -2.02. The molecule has 3 aromatic rings. The van der Waals surface area contributed by atoms with Gasteiger partial charge in [0.15, 0.2) is 0 Å². The third-order valence-corrected chi connectivity index (χ3v) is 4.14. The molecule has 0 unspecified atom stereocenters. The van der Waals surface area contributed by atoms with E-state index in [4.69, 9.17) is 0 Å². The molecule has 0 N–H and O–H groups in total. The first-order valence-electron chi connectivity index (χ1n) is 6.66. The summed E-state index contributed by atoms with van der Waals surface area (Å²) in [6.45, 7) is 0.666. The molecule has 1 heterocycles. The monoisotopic (exact) mass is 339 g/mol. The van der Waals surface area contributed by atoms with Gasteiger partial charge >= 0.3 is 0 Å². The Bertz CT molecular complexity index is 719. The average Bonchev–Trinajstić information content (AvgIpc) is 3.07. The molecule has 3 nitrogen and oxygen atoms in total. The molecule has 0 spiro atoms. The summed E-state index contributed by atoms with van der Waals surface area (Å²) in [5.74, 6) is 0. The SMILES string of the molecule is BrC(=C(Cn1cncn1)c1ccccc1)c1ccccc1. The van der Waals surface area contributed by atoms with Crippen molar-refractivity contribution in [2.24, 2.45) is 0 Å². The Morgan fingerprint density at radius 2 is 1.52 bits per heavy atom. The minimum Gasteiger partial charge on any atom is -0.248 e. The van der Waals surface area contributed by atoms with Crippen molar-refractivity contribution in [2.75, 3.05) is 0 Å². The van der Waals surface area contributed by atoms with E-state index in [1.165, 1.54) is 11.1 Å². The van der Waals surface area contributed by atoms with Crippen molar-refractivity contribution in [2.45, 2.75) is 6.54 Å². The van der Waals surface area contributed by atoms with Crippen LogP contribution in [0.5, 0.6) is 0 Å². The molecule has 0 fully saturated rings. The molecule has 0 saturated carbocycles. The zero-order chi connectivity index (χ0) is 14.5. The maximum atomic E-state index is 4.21. The zero-order valence-corrected chi connectivity index (χ0v) is 12.9. The van der Waals surface area contributed by atoms with Crippen molar-refractivity contribution in [3.8, 4) is 0 Å². The molecule has 0 atom stereocenters. The fourth-order valence-corrected chi connectivity index (χ4v) is 2.78. The van der Waals surface area contributed by atoms with Crippen LogP contribution in [0, 0.1) is 0 Å². The minimum absolute atomic E-state index is 0.666. The second-order valence-electron chi connectivity index (χ2n) is 4.62. The Morgan fingerprint density at radius 1 is 0.905 bits per heavy atom. The van der Waals surface area contributed by atoms with Gasteiger partial charge < -0.3 is 0 Å². The molecule has 0 amide bonds. The van der Waals surface area contributed by atoms with Crippen LogP contribution in [0.2, 0.25) is 0 Å². The van der Waals surface area contributed by atoms with Gasteiger partial charge in [0.1, 0.15) is 12.7 Å². The first kappa shape index (κ1) is 13.8. The highest BCUT2D eigenvalue weighted by Gasteiger charge is 2.10. The van der Waals surface area contributed by atoms with Gasteiger partial charge in [0.25, 0.3) is 0 Å². The Morgan fingerprint density at radius 3 is 2.10 bits per heavy atom. The van der Waals surface area contributed by atoms with E-state index in [1.54, 1.807) is 12.7 Å². The predicted octanol–water partition coefficient (Wildman–Crippen LogP) is 4.24. The molecule has 4 heteroatoms. The summed E-state index contributed by atoms with van der Waals surface area (Å²) in [4.78, 5) is 4.01. The number of benzene rings is 2. The van der Waals surface area contributed by atoms with Crippen LogP contribution in [0.1, 0.15) is 11.1 Å². The van der Waals surface area contributed by atoms with Crippen molar-refractivity contribution in [3.63, 3.8) is 0 Å². The summed E-state index contributed by atoms with van der Waals surface area (Å²) in [7, 11) is 0. The van der Waals surface area contributed by atoms with Crippen molar-refractivity contribution in [1.29, 1.82) is 0 Å². The predicted molar refractivity (Wildman–Crippen MR) is 88.6 cm³/mol. The molecule has 1 aromatic heterocycles. The van der Waals surface area contributed by atoms with Crippen molar-refractivity contribution < 1.29 is 0 Å². The number of hydrogen-bond donors (Lipinski definition) is 0. The lowest BCUT2D eigenvalue weighted by atomic mass is 10.0. The number of rotatable bonds is 4. The van der Waals surface area contributed by atoms with Crippen LogP contribution in [0.15, 0.2) is 73.3 Å².